The molecule has 1 atom stereocenters. The highest BCUT2D eigenvalue weighted by Crippen LogP contribution is 2.37. The van der Waals surface area contributed by atoms with Crippen molar-refractivity contribution >= 4 is 11.4 Å². The molecule has 0 N–H and O–H groups in total. The molecule has 0 spiro atoms. The summed E-state index contributed by atoms with van der Waals surface area (Å²) >= 11 is 0. The lowest BCUT2D eigenvalue weighted by Crippen LogP contribution is -2.48. The van der Waals surface area contributed by atoms with Crippen molar-refractivity contribution in [3.63, 3.8) is 0 Å². The Bertz CT molecular complexity index is 700. The van der Waals surface area contributed by atoms with Crippen LogP contribution in [0, 0.1) is 6.67 Å². The molecule has 3 rings (SSSR count). The first-order chi connectivity index (χ1) is 12.3. The second-order valence-electron chi connectivity index (χ2n) is 5.94. The lowest BCUT2D eigenvalue weighted by atomic mass is 10.1. The minimum atomic E-state index is -0.183. The molecule has 2 aromatic rings. The van der Waals surface area contributed by atoms with Crippen LogP contribution in [0.5, 0.6) is 0 Å². The molecule has 0 bridgehead atoms. The fourth-order valence-electron chi connectivity index (χ4n) is 3.23. The van der Waals surface area contributed by atoms with Crippen molar-refractivity contribution in [3.8, 4) is 0 Å². The summed E-state index contributed by atoms with van der Waals surface area (Å²) in [5.41, 5.74) is 3.28. The molecule has 1 aliphatic rings. The summed E-state index contributed by atoms with van der Waals surface area (Å²) in [6, 6.07) is 20.5. The van der Waals surface area contributed by atoms with Gasteiger partial charge < -0.3 is 14.4 Å². The Labute approximate surface area is 150 Å². The van der Waals surface area contributed by atoms with Crippen LogP contribution >= 0.6 is 0 Å². The van der Waals surface area contributed by atoms with Crippen molar-refractivity contribution in [2.45, 2.75) is 26.0 Å². The minimum absolute atomic E-state index is 0.183. The maximum absolute atomic E-state index is 5.87. The number of methoxy groups -OCH3 is 2. The first-order valence-corrected chi connectivity index (χ1v) is 8.62. The number of para-hydroxylation sites is 2. The number of hydrogen-bond acceptors (Lipinski definition) is 4. The molecule has 0 saturated heterocycles. The van der Waals surface area contributed by atoms with Crippen LogP contribution in [0.25, 0.3) is 0 Å². The van der Waals surface area contributed by atoms with Crippen LogP contribution in [0.2, 0.25) is 0 Å². The van der Waals surface area contributed by atoms with Gasteiger partial charge in [-0.1, -0.05) is 49.7 Å². The number of anilines is 2. The van der Waals surface area contributed by atoms with Crippen LogP contribution in [-0.2, 0) is 9.47 Å². The molecule has 1 radical (unpaired) electrons. The summed E-state index contributed by atoms with van der Waals surface area (Å²) in [5, 5.41) is 0. The zero-order chi connectivity index (χ0) is 17.6. The average molecular weight is 337 g/mol. The van der Waals surface area contributed by atoms with Gasteiger partial charge in [0.25, 0.3) is 0 Å². The number of rotatable bonds is 6. The molecule has 2 aromatic carbocycles. The summed E-state index contributed by atoms with van der Waals surface area (Å²) in [4.78, 5) is 4.24. The molecule has 0 aliphatic carbocycles. The van der Waals surface area contributed by atoms with E-state index in [2.05, 4.69) is 47.7 Å². The van der Waals surface area contributed by atoms with Gasteiger partial charge >= 0.3 is 0 Å². The molecule has 1 aliphatic heterocycles. The Morgan fingerprint density at radius 1 is 0.880 bits per heavy atom. The molecule has 131 valence electrons. The maximum atomic E-state index is 5.87. The van der Waals surface area contributed by atoms with Crippen LogP contribution in [0.1, 0.15) is 19.8 Å². The molecular weight excluding hydrogens is 312 g/mol. The predicted octanol–water partition coefficient (Wildman–Crippen LogP) is 4.76. The third-order valence-corrected chi connectivity index (χ3v) is 4.31. The van der Waals surface area contributed by atoms with Crippen LogP contribution in [0.15, 0.2) is 72.1 Å². The van der Waals surface area contributed by atoms with Crippen LogP contribution in [0.4, 0.5) is 11.4 Å². The molecule has 0 fully saturated rings. The number of ether oxygens (including phenoxy) is 2. The molecule has 1 unspecified atom stereocenters. The standard InChI is InChI=1S/C21H25N2O2/c1-4-11-19-20(24-2)22(17-12-7-5-8-13-17)16-23(21(19)25-3)18-14-9-6-10-15-18/h5-10,12-16,20H,4,11H2,1-3H3. The predicted molar refractivity (Wildman–Crippen MR) is 102 cm³/mol. The first kappa shape index (κ1) is 17.4. The molecule has 0 amide bonds. The Kier molecular flexibility index (Phi) is 5.61. The lowest BCUT2D eigenvalue weighted by Gasteiger charge is -2.43. The smallest absolute Gasteiger partial charge is 0.199 e. The quantitative estimate of drug-likeness (QED) is 0.758. The van der Waals surface area contributed by atoms with Gasteiger partial charge in [-0.2, -0.15) is 0 Å². The maximum Gasteiger partial charge on any atom is 0.199 e. The normalized spacial score (nSPS) is 17.8. The van der Waals surface area contributed by atoms with E-state index in [4.69, 9.17) is 9.47 Å². The minimum Gasteiger partial charge on any atom is -0.482 e. The summed E-state index contributed by atoms with van der Waals surface area (Å²) in [5.74, 6) is 0.840. The highest BCUT2D eigenvalue weighted by atomic mass is 16.5. The third kappa shape index (κ3) is 3.49. The van der Waals surface area contributed by atoms with E-state index in [0.29, 0.717) is 0 Å². The van der Waals surface area contributed by atoms with Gasteiger partial charge in [0.1, 0.15) is 0 Å². The second-order valence-corrected chi connectivity index (χ2v) is 5.94. The zero-order valence-electron chi connectivity index (χ0n) is 15.1. The summed E-state index contributed by atoms with van der Waals surface area (Å²) in [6.45, 7) is 4.22. The van der Waals surface area contributed by atoms with Crippen molar-refractivity contribution in [2.75, 3.05) is 24.0 Å². The number of benzene rings is 2. The van der Waals surface area contributed by atoms with E-state index < -0.39 is 0 Å². The van der Waals surface area contributed by atoms with Gasteiger partial charge in [0, 0.05) is 24.1 Å². The van der Waals surface area contributed by atoms with E-state index in [1.165, 1.54) is 0 Å². The fraction of sp³-hybridized carbons (Fsp3) is 0.286. The van der Waals surface area contributed by atoms with Gasteiger partial charge in [0.2, 0.25) is 0 Å². The van der Waals surface area contributed by atoms with Crippen molar-refractivity contribution in [2.24, 2.45) is 0 Å². The summed E-state index contributed by atoms with van der Waals surface area (Å²) in [6.07, 6.45) is 1.74. The molecule has 4 nitrogen and oxygen atoms in total. The second kappa shape index (κ2) is 8.08. The van der Waals surface area contributed by atoms with Gasteiger partial charge in [-0.25, -0.2) is 0 Å². The van der Waals surface area contributed by atoms with Gasteiger partial charge in [-0.05, 0) is 30.7 Å². The van der Waals surface area contributed by atoms with E-state index in [1.807, 2.05) is 36.4 Å². The Morgan fingerprint density at radius 2 is 1.48 bits per heavy atom. The number of hydrogen-bond donors (Lipinski definition) is 0. The van der Waals surface area contributed by atoms with Crippen LogP contribution in [-0.4, -0.2) is 20.4 Å². The van der Waals surface area contributed by atoms with Crippen molar-refractivity contribution in [1.29, 1.82) is 0 Å². The average Bonchev–Trinajstić information content (AvgIpc) is 2.68. The van der Waals surface area contributed by atoms with Crippen molar-refractivity contribution in [1.82, 2.24) is 0 Å². The Morgan fingerprint density at radius 3 is 2.00 bits per heavy atom. The zero-order valence-corrected chi connectivity index (χ0v) is 15.1. The largest absolute Gasteiger partial charge is 0.482 e. The summed E-state index contributed by atoms with van der Waals surface area (Å²) in [7, 11) is 3.47. The van der Waals surface area contributed by atoms with E-state index in [9.17, 15) is 0 Å². The van der Waals surface area contributed by atoms with E-state index in [-0.39, 0.29) is 6.23 Å². The number of nitrogens with zero attached hydrogens (tertiary/aromatic N) is 2. The molecule has 1 heterocycles. The molecule has 25 heavy (non-hydrogen) atoms. The van der Waals surface area contributed by atoms with Gasteiger partial charge in [-0.15, -0.1) is 0 Å². The fourth-order valence-corrected chi connectivity index (χ4v) is 3.23. The SMILES string of the molecule is CCCC1=C(OC)N(c2ccccc2)[CH]N(c2ccccc2)C1OC. The highest BCUT2D eigenvalue weighted by Gasteiger charge is 2.35. The van der Waals surface area contributed by atoms with Gasteiger partial charge in [0.15, 0.2) is 18.8 Å². The molecule has 0 aromatic heterocycles. The van der Waals surface area contributed by atoms with E-state index in [1.54, 1.807) is 14.2 Å². The Hall–Kier alpha value is -2.46. The van der Waals surface area contributed by atoms with Crippen molar-refractivity contribution in [3.05, 3.63) is 78.8 Å². The van der Waals surface area contributed by atoms with Crippen LogP contribution in [0.3, 0.4) is 0 Å². The van der Waals surface area contributed by atoms with Crippen molar-refractivity contribution < 1.29 is 9.47 Å². The van der Waals surface area contributed by atoms with E-state index >= 15 is 0 Å². The highest BCUT2D eigenvalue weighted by molar-refractivity contribution is 5.62. The third-order valence-electron chi connectivity index (χ3n) is 4.31. The lowest BCUT2D eigenvalue weighted by molar-refractivity contribution is 0.114. The van der Waals surface area contributed by atoms with E-state index in [0.717, 1.165) is 35.7 Å². The molecule has 0 saturated carbocycles. The summed E-state index contributed by atoms with van der Waals surface area (Å²) < 4.78 is 11.7. The van der Waals surface area contributed by atoms with Gasteiger partial charge in [-0.3, -0.25) is 4.90 Å². The first-order valence-electron chi connectivity index (χ1n) is 8.62. The molecule has 4 heteroatoms. The van der Waals surface area contributed by atoms with Crippen LogP contribution < -0.4 is 9.80 Å². The monoisotopic (exact) mass is 337 g/mol. The topological polar surface area (TPSA) is 24.9 Å². The molecular formula is C21H25N2O2. The Balaban J connectivity index is 2.10. The van der Waals surface area contributed by atoms with Gasteiger partial charge in [0.05, 0.1) is 7.11 Å².